The predicted molar refractivity (Wildman–Crippen MR) is 107 cm³/mol. The lowest BCUT2D eigenvalue weighted by molar-refractivity contribution is -0.932. The van der Waals surface area contributed by atoms with Crippen LogP contribution in [0.4, 0.5) is 0 Å². The molecule has 3 nitrogen and oxygen atoms in total. The van der Waals surface area contributed by atoms with Crippen LogP contribution in [-0.2, 0) is 11.3 Å². The van der Waals surface area contributed by atoms with Crippen molar-refractivity contribution in [3.8, 4) is 0 Å². The maximum Gasteiger partial charge on any atom is 0.126 e. The van der Waals surface area contributed by atoms with Gasteiger partial charge < -0.3 is 14.3 Å². The molecule has 0 radical (unpaired) electrons. The summed E-state index contributed by atoms with van der Waals surface area (Å²) in [6.45, 7) is 4.84. The average Bonchev–Trinajstić information content (AvgIpc) is 3.08. The van der Waals surface area contributed by atoms with Crippen molar-refractivity contribution in [2.75, 3.05) is 26.2 Å². The van der Waals surface area contributed by atoms with E-state index in [-0.39, 0.29) is 11.7 Å². The number of nitrogens with zero attached hydrogens (tertiary/aromatic N) is 1. The van der Waals surface area contributed by atoms with Crippen molar-refractivity contribution in [1.29, 1.82) is 0 Å². The highest BCUT2D eigenvalue weighted by molar-refractivity contribution is 5.13. The number of hydrogen-bond acceptors (Lipinski definition) is 2. The zero-order valence-electron chi connectivity index (χ0n) is 16.7. The van der Waals surface area contributed by atoms with E-state index in [2.05, 4.69) is 30.3 Å². The summed E-state index contributed by atoms with van der Waals surface area (Å²) in [7, 11) is 0. The van der Waals surface area contributed by atoms with E-state index in [4.69, 9.17) is 4.74 Å². The van der Waals surface area contributed by atoms with Crippen molar-refractivity contribution in [2.24, 2.45) is 17.8 Å². The summed E-state index contributed by atoms with van der Waals surface area (Å²) in [4.78, 5) is 0. The summed E-state index contributed by atoms with van der Waals surface area (Å²) in [6.07, 6.45) is 10.4. The topological polar surface area (TPSA) is 29.5 Å². The van der Waals surface area contributed by atoms with Crippen LogP contribution >= 0.6 is 0 Å². The maximum absolute atomic E-state index is 10.9. The molecule has 1 atom stereocenters. The Morgan fingerprint density at radius 1 is 0.963 bits per heavy atom. The lowest BCUT2D eigenvalue weighted by atomic mass is 9.54. The second-order valence-corrected chi connectivity index (χ2v) is 10.4. The second-order valence-electron chi connectivity index (χ2n) is 10.4. The summed E-state index contributed by atoms with van der Waals surface area (Å²) < 4.78 is 7.59. The van der Waals surface area contributed by atoms with Crippen LogP contribution in [0.1, 0.15) is 56.9 Å². The quantitative estimate of drug-likeness (QED) is 0.731. The Morgan fingerprint density at radius 2 is 1.56 bits per heavy atom. The Balaban J connectivity index is 1.20. The monoisotopic (exact) mass is 370 g/mol. The molecule has 5 aliphatic rings. The fourth-order valence-corrected chi connectivity index (χ4v) is 7.36. The fraction of sp³-hybridized carbons (Fsp3) is 0.750. The standard InChI is InChI=1S/C24H36NO2/c26-23(17-25(8-4-5-9-25)16-19-6-2-1-3-7-19)18-27-24-13-20-10-21(14-24)12-22(11-20)15-24/h1-3,6-7,20-23,26H,4-5,8-18H2/q+1. The number of aliphatic hydroxyl groups excluding tert-OH is 1. The first-order valence-corrected chi connectivity index (χ1v) is 11.3. The van der Waals surface area contributed by atoms with Gasteiger partial charge in [0.05, 0.1) is 25.3 Å². The van der Waals surface area contributed by atoms with Crippen molar-refractivity contribution < 1.29 is 14.3 Å². The third-order valence-electron chi connectivity index (χ3n) is 8.04. The Kier molecular flexibility index (Phi) is 4.82. The van der Waals surface area contributed by atoms with Gasteiger partial charge in [-0.15, -0.1) is 0 Å². The van der Waals surface area contributed by atoms with Crippen LogP contribution in [0, 0.1) is 17.8 Å². The minimum atomic E-state index is -0.334. The Hall–Kier alpha value is -0.900. The molecular weight excluding hydrogens is 334 g/mol. The predicted octanol–water partition coefficient (Wildman–Crippen LogP) is 4.14. The Labute approximate surface area is 164 Å². The zero-order chi connectivity index (χ0) is 18.3. The van der Waals surface area contributed by atoms with E-state index in [0.717, 1.165) is 35.3 Å². The van der Waals surface area contributed by atoms with Gasteiger partial charge in [-0.1, -0.05) is 30.3 Å². The average molecular weight is 371 g/mol. The number of rotatable bonds is 7. The summed E-state index contributed by atoms with van der Waals surface area (Å²) in [5.41, 5.74) is 1.51. The SMILES string of the molecule is OC(COC12CC3CC(CC(C3)C1)C2)C[N+]1(Cc2ccccc2)CCCC1. The Bertz CT molecular complexity index is 602. The first-order chi connectivity index (χ1) is 13.1. The number of quaternary nitrogens is 1. The van der Waals surface area contributed by atoms with Gasteiger partial charge in [0.15, 0.2) is 0 Å². The second kappa shape index (κ2) is 7.17. The van der Waals surface area contributed by atoms with Crippen molar-refractivity contribution in [3.63, 3.8) is 0 Å². The van der Waals surface area contributed by atoms with E-state index in [1.807, 2.05) is 0 Å². The molecule has 1 aromatic carbocycles. The number of aliphatic hydroxyl groups is 1. The van der Waals surface area contributed by atoms with Crippen molar-refractivity contribution in [1.82, 2.24) is 0 Å². The molecule has 1 aliphatic heterocycles. The van der Waals surface area contributed by atoms with Gasteiger partial charge in [0.1, 0.15) is 19.2 Å². The minimum Gasteiger partial charge on any atom is -0.385 e. The molecule has 148 valence electrons. The van der Waals surface area contributed by atoms with Crippen LogP contribution in [-0.4, -0.2) is 47.5 Å². The first-order valence-electron chi connectivity index (χ1n) is 11.3. The lowest BCUT2D eigenvalue weighted by Gasteiger charge is -2.56. The molecule has 4 bridgehead atoms. The molecule has 0 spiro atoms. The largest absolute Gasteiger partial charge is 0.385 e. The summed E-state index contributed by atoms with van der Waals surface area (Å²) in [6, 6.07) is 10.8. The van der Waals surface area contributed by atoms with Gasteiger partial charge in [-0.25, -0.2) is 0 Å². The molecule has 4 saturated carbocycles. The molecule has 6 rings (SSSR count). The van der Waals surface area contributed by atoms with Crippen LogP contribution < -0.4 is 0 Å². The minimum absolute atomic E-state index is 0.116. The van der Waals surface area contributed by atoms with Crippen LogP contribution in [0.5, 0.6) is 0 Å². The summed E-state index contributed by atoms with van der Waals surface area (Å²) in [5, 5.41) is 10.9. The van der Waals surface area contributed by atoms with Gasteiger partial charge in [0, 0.05) is 18.4 Å². The molecule has 3 heteroatoms. The van der Waals surface area contributed by atoms with Gasteiger partial charge in [-0.3, -0.25) is 0 Å². The van der Waals surface area contributed by atoms with E-state index in [1.54, 1.807) is 0 Å². The van der Waals surface area contributed by atoms with Crippen molar-refractivity contribution in [3.05, 3.63) is 35.9 Å². The smallest absolute Gasteiger partial charge is 0.126 e. The molecule has 4 aliphatic carbocycles. The van der Waals surface area contributed by atoms with Crippen LogP contribution in [0.3, 0.4) is 0 Å². The molecule has 27 heavy (non-hydrogen) atoms. The number of hydrogen-bond donors (Lipinski definition) is 1. The van der Waals surface area contributed by atoms with Gasteiger partial charge in [0.25, 0.3) is 0 Å². The molecule has 1 unspecified atom stereocenters. The van der Waals surface area contributed by atoms with E-state index < -0.39 is 0 Å². The van der Waals surface area contributed by atoms with Gasteiger partial charge in [-0.2, -0.15) is 0 Å². The van der Waals surface area contributed by atoms with E-state index in [0.29, 0.717) is 6.61 Å². The molecule has 1 heterocycles. The lowest BCUT2D eigenvalue weighted by Crippen LogP contribution is -2.54. The third-order valence-corrected chi connectivity index (χ3v) is 8.04. The number of ether oxygens (including phenoxy) is 1. The zero-order valence-corrected chi connectivity index (χ0v) is 16.7. The van der Waals surface area contributed by atoms with E-state index >= 15 is 0 Å². The highest BCUT2D eigenvalue weighted by atomic mass is 16.5. The Morgan fingerprint density at radius 3 is 2.15 bits per heavy atom. The summed E-state index contributed by atoms with van der Waals surface area (Å²) >= 11 is 0. The number of benzene rings is 1. The van der Waals surface area contributed by atoms with Gasteiger partial charge >= 0.3 is 0 Å². The normalized spacial score (nSPS) is 37.6. The molecule has 1 saturated heterocycles. The first kappa shape index (κ1) is 18.1. The van der Waals surface area contributed by atoms with Crippen molar-refractivity contribution >= 4 is 0 Å². The molecule has 0 aromatic heterocycles. The number of likely N-dealkylation sites (tertiary alicyclic amines) is 1. The van der Waals surface area contributed by atoms with Crippen molar-refractivity contribution in [2.45, 2.75) is 69.6 Å². The van der Waals surface area contributed by atoms with E-state index in [9.17, 15) is 5.11 Å². The fourth-order valence-electron chi connectivity index (χ4n) is 7.36. The van der Waals surface area contributed by atoms with Gasteiger partial charge in [0.2, 0.25) is 0 Å². The van der Waals surface area contributed by atoms with Gasteiger partial charge in [-0.05, 0) is 56.3 Å². The van der Waals surface area contributed by atoms with Crippen LogP contribution in [0.2, 0.25) is 0 Å². The summed E-state index contributed by atoms with van der Waals surface area (Å²) in [5.74, 6) is 2.72. The van der Waals surface area contributed by atoms with Crippen LogP contribution in [0.15, 0.2) is 30.3 Å². The molecule has 1 aromatic rings. The third kappa shape index (κ3) is 3.83. The molecule has 5 fully saturated rings. The molecular formula is C24H36NO2+. The maximum atomic E-state index is 10.9. The van der Waals surface area contributed by atoms with Crippen LogP contribution in [0.25, 0.3) is 0 Å². The highest BCUT2D eigenvalue weighted by Crippen LogP contribution is 2.57. The molecule has 1 N–H and O–H groups in total. The molecule has 0 amide bonds. The highest BCUT2D eigenvalue weighted by Gasteiger charge is 2.52. The van der Waals surface area contributed by atoms with E-state index in [1.165, 1.54) is 70.0 Å².